The Hall–Kier alpha value is -2.82. The largest absolute Gasteiger partial charge is 0.494 e. The van der Waals surface area contributed by atoms with Crippen molar-refractivity contribution < 1.29 is 14.3 Å². The van der Waals surface area contributed by atoms with Crippen LogP contribution in [0.5, 0.6) is 5.75 Å². The fraction of sp³-hybridized carbons (Fsp3) is 0.300. The van der Waals surface area contributed by atoms with Crippen LogP contribution in [0.3, 0.4) is 0 Å². The van der Waals surface area contributed by atoms with Gasteiger partial charge in [0.2, 0.25) is 5.91 Å². The molecule has 25 heavy (non-hydrogen) atoms. The maximum Gasteiger partial charge on any atom is 0.251 e. The summed E-state index contributed by atoms with van der Waals surface area (Å²) in [4.78, 5) is 24.0. The summed E-state index contributed by atoms with van der Waals surface area (Å²) in [5.41, 5.74) is 1.66. The molecule has 0 fully saturated rings. The summed E-state index contributed by atoms with van der Waals surface area (Å²) in [5, 5.41) is 5.46. The predicted octanol–water partition coefficient (Wildman–Crippen LogP) is 2.74. The average Bonchev–Trinajstić information content (AvgIpc) is 2.65. The number of hydrogen-bond donors (Lipinski definition) is 2. The van der Waals surface area contributed by atoms with E-state index in [0.717, 1.165) is 0 Å². The van der Waals surface area contributed by atoms with E-state index in [0.29, 0.717) is 24.5 Å². The van der Waals surface area contributed by atoms with E-state index < -0.39 is 0 Å². The molecule has 0 aromatic heterocycles. The number of hydrogen-bond acceptors (Lipinski definition) is 3. The third kappa shape index (κ3) is 5.95. The summed E-state index contributed by atoms with van der Waals surface area (Å²) < 4.78 is 5.33. The van der Waals surface area contributed by atoms with Crippen LogP contribution in [0.15, 0.2) is 54.6 Å². The van der Waals surface area contributed by atoms with Gasteiger partial charge in [-0.2, -0.15) is 0 Å². The number of carbonyl (C=O) groups is 2. The molecule has 5 heteroatoms. The lowest BCUT2D eigenvalue weighted by molar-refractivity contribution is -0.120. The van der Waals surface area contributed by atoms with Gasteiger partial charge in [-0.15, -0.1) is 0 Å². The van der Waals surface area contributed by atoms with Crippen molar-refractivity contribution >= 4 is 11.8 Å². The van der Waals surface area contributed by atoms with Crippen molar-refractivity contribution in [2.45, 2.75) is 19.8 Å². The first-order valence-electron chi connectivity index (χ1n) is 8.43. The number of ether oxygens (including phenoxy) is 1. The van der Waals surface area contributed by atoms with Crippen LogP contribution in [-0.4, -0.2) is 31.5 Å². The molecular weight excluding hydrogens is 316 g/mol. The van der Waals surface area contributed by atoms with E-state index in [1.165, 1.54) is 5.56 Å². The zero-order valence-corrected chi connectivity index (χ0v) is 14.6. The van der Waals surface area contributed by atoms with Crippen molar-refractivity contribution in [3.8, 4) is 5.75 Å². The summed E-state index contributed by atoms with van der Waals surface area (Å²) in [6.07, 6.45) is 0. The quantitative estimate of drug-likeness (QED) is 0.776. The van der Waals surface area contributed by atoms with E-state index in [1.54, 1.807) is 24.3 Å². The van der Waals surface area contributed by atoms with Crippen LogP contribution in [0.4, 0.5) is 0 Å². The second-order valence-electron chi connectivity index (χ2n) is 5.76. The van der Waals surface area contributed by atoms with Crippen LogP contribution in [0, 0.1) is 0 Å². The smallest absolute Gasteiger partial charge is 0.251 e. The predicted molar refractivity (Wildman–Crippen MR) is 97.8 cm³/mol. The molecule has 0 unspecified atom stereocenters. The Balaban J connectivity index is 1.74. The fourth-order valence-corrected chi connectivity index (χ4v) is 2.36. The maximum atomic E-state index is 12.0. The standard InChI is InChI=1S/C20H24N2O3/c1-3-25-18-11-9-17(10-12-18)20(24)22-14-19(23)21-13-15(2)16-7-5-4-6-8-16/h4-12,15H,3,13-14H2,1-2H3,(H,21,23)(H,22,24)/t15-/m1/s1. The van der Waals surface area contributed by atoms with E-state index in [-0.39, 0.29) is 24.3 Å². The van der Waals surface area contributed by atoms with Gasteiger partial charge >= 0.3 is 0 Å². The van der Waals surface area contributed by atoms with Crippen molar-refractivity contribution in [1.29, 1.82) is 0 Å². The second kappa shape index (κ2) is 9.47. The van der Waals surface area contributed by atoms with Gasteiger partial charge in [0.25, 0.3) is 5.91 Å². The maximum absolute atomic E-state index is 12.0. The molecule has 132 valence electrons. The van der Waals surface area contributed by atoms with Crippen molar-refractivity contribution in [1.82, 2.24) is 10.6 Å². The van der Waals surface area contributed by atoms with Gasteiger partial charge in [-0.3, -0.25) is 9.59 Å². The average molecular weight is 340 g/mol. The van der Waals surface area contributed by atoms with Gasteiger partial charge in [-0.1, -0.05) is 37.3 Å². The van der Waals surface area contributed by atoms with Gasteiger partial charge in [-0.25, -0.2) is 0 Å². The number of nitrogens with one attached hydrogen (secondary N) is 2. The summed E-state index contributed by atoms with van der Waals surface area (Å²) in [7, 11) is 0. The number of carbonyl (C=O) groups excluding carboxylic acids is 2. The van der Waals surface area contributed by atoms with Crippen molar-refractivity contribution in [2.24, 2.45) is 0 Å². The van der Waals surface area contributed by atoms with Crippen molar-refractivity contribution in [2.75, 3.05) is 19.7 Å². The molecule has 2 aromatic carbocycles. The first-order valence-corrected chi connectivity index (χ1v) is 8.43. The van der Waals surface area contributed by atoms with Crippen LogP contribution >= 0.6 is 0 Å². The molecule has 1 atom stereocenters. The lowest BCUT2D eigenvalue weighted by Crippen LogP contribution is -2.38. The summed E-state index contributed by atoms with van der Waals surface area (Å²) in [5.74, 6) is 0.440. The molecule has 2 rings (SSSR count). The Labute approximate surface area is 148 Å². The molecule has 0 spiro atoms. The Bertz CT molecular complexity index is 684. The monoisotopic (exact) mass is 340 g/mol. The Morgan fingerprint density at radius 1 is 1.00 bits per heavy atom. The van der Waals surface area contributed by atoms with E-state index in [1.807, 2.05) is 44.2 Å². The zero-order chi connectivity index (χ0) is 18.1. The molecule has 0 aliphatic heterocycles. The van der Waals surface area contributed by atoms with Crippen LogP contribution < -0.4 is 15.4 Å². The second-order valence-corrected chi connectivity index (χ2v) is 5.76. The molecular formula is C20H24N2O3. The van der Waals surface area contributed by atoms with Crippen LogP contribution in [0.25, 0.3) is 0 Å². The van der Waals surface area contributed by atoms with E-state index >= 15 is 0 Å². The Morgan fingerprint density at radius 3 is 2.32 bits per heavy atom. The molecule has 2 amide bonds. The molecule has 2 N–H and O–H groups in total. The minimum atomic E-state index is -0.283. The molecule has 2 aromatic rings. The molecule has 0 bridgehead atoms. The number of benzene rings is 2. The molecule has 0 saturated carbocycles. The third-order valence-electron chi connectivity index (χ3n) is 3.81. The van der Waals surface area contributed by atoms with Gasteiger partial charge < -0.3 is 15.4 Å². The highest BCUT2D eigenvalue weighted by Crippen LogP contribution is 2.13. The molecule has 0 aliphatic carbocycles. The molecule has 5 nitrogen and oxygen atoms in total. The minimum absolute atomic E-state index is 0.0481. The molecule has 0 saturated heterocycles. The Morgan fingerprint density at radius 2 is 1.68 bits per heavy atom. The molecule has 0 heterocycles. The normalized spacial score (nSPS) is 11.4. The summed E-state index contributed by atoms with van der Waals surface area (Å²) >= 11 is 0. The van der Waals surface area contributed by atoms with Crippen molar-refractivity contribution in [3.05, 3.63) is 65.7 Å². The number of amides is 2. The highest BCUT2D eigenvalue weighted by Gasteiger charge is 2.10. The lowest BCUT2D eigenvalue weighted by atomic mass is 10.0. The lowest BCUT2D eigenvalue weighted by Gasteiger charge is -2.13. The topological polar surface area (TPSA) is 67.4 Å². The van der Waals surface area contributed by atoms with Crippen LogP contribution in [0.2, 0.25) is 0 Å². The third-order valence-corrected chi connectivity index (χ3v) is 3.81. The molecule has 0 aliphatic rings. The first kappa shape index (κ1) is 18.5. The highest BCUT2D eigenvalue weighted by molar-refractivity contribution is 5.96. The zero-order valence-electron chi connectivity index (χ0n) is 14.6. The summed E-state index contributed by atoms with van der Waals surface area (Å²) in [6, 6.07) is 16.8. The van der Waals surface area contributed by atoms with Gasteiger partial charge in [0, 0.05) is 12.1 Å². The first-order chi connectivity index (χ1) is 12.1. The van der Waals surface area contributed by atoms with E-state index in [9.17, 15) is 9.59 Å². The van der Waals surface area contributed by atoms with Crippen LogP contribution in [-0.2, 0) is 4.79 Å². The fourth-order valence-electron chi connectivity index (χ4n) is 2.36. The summed E-state index contributed by atoms with van der Waals surface area (Å²) in [6.45, 7) is 5.01. The minimum Gasteiger partial charge on any atom is -0.494 e. The molecule has 0 radical (unpaired) electrons. The highest BCUT2D eigenvalue weighted by atomic mass is 16.5. The van der Waals surface area contributed by atoms with Crippen LogP contribution in [0.1, 0.15) is 35.7 Å². The SMILES string of the molecule is CCOc1ccc(C(=O)NCC(=O)NC[C@@H](C)c2ccccc2)cc1. The van der Waals surface area contributed by atoms with Gasteiger partial charge in [0.15, 0.2) is 0 Å². The van der Waals surface area contributed by atoms with Gasteiger partial charge in [-0.05, 0) is 42.7 Å². The number of rotatable bonds is 8. The Kier molecular flexibility index (Phi) is 7.01. The van der Waals surface area contributed by atoms with Gasteiger partial charge in [0.1, 0.15) is 5.75 Å². The van der Waals surface area contributed by atoms with E-state index in [2.05, 4.69) is 10.6 Å². The van der Waals surface area contributed by atoms with Crippen molar-refractivity contribution in [3.63, 3.8) is 0 Å². The van der Waals surface area contributed by atoms with E-state index in [4.69, 9.17) is 4.74 Å². The van der Waals surface area contributed by atoms with Gasteiger partial charge in [0.05, 0.1) is 13.2 Å².